The minimum absolute atomic E-state index is 0.0614. The lowest BCUT2D eigenvalue weighted by Gasteiger charge is -2.39. The molecule has 0 radical (unpaired) electrons. The molecule has 3 fully saturated rings. The van der Waals surface area contributed by atoms with Crippen molar-refractivity contribution in [2.24, 2.45) is 0 Å². The van der Waals surface area contributed by atoms with Gasteiger partial charge in [-0.25, -0.2) is 22.8 Å². The lowest BCUT2D eigenvalue weighted by atomic mass is 10.1. The van der Waals surface area contributed by atoms with Crippen molar-refractivity contribution < 1.29 is 27.5 Å². The number of aromatic nitrogens is 2. The number of carbonyl (C=O) groups excluding carboxylic acids is 2. The molecule has 1 spiro atoms. The summed E-state index contributed by atoms with van der Waals surface area (Å²) < 4.78 is 47.7. The Bertz CT molecular complexity index is 1120. The molecule has 2 atom stereocenters. The lowest BCUT2D eigenvalue weighted by molar-refractivity contribution is 0.138. The summed E-state index contributed by atoms with van der Waals surface area (Å²) in [6.07, 6.45) is 5.40. The van der Waals surface area contributed by atoms with Gasteiger partial charge in [-0.3, -0.25) is 9.58 Å². The number of hydrogen-bond donors (Lipinski definition) is 1. The fourth-order valence-electron chi connectivity index (χ4n) is 5.28. The first-order valence-corrected chi connectivity index (χ1v) is 10.6. The number of rotatable bonds is 2. The SMILES string of the molecule is O=C(Nc1cc(F)c(F)c(F)c1)N1Cc2c(N3C(=O)OCC34CC4)cnn2[C@@H]2CCC[C@@H]21. The van der Waals surface area contributed by atoms with Crippen LogP contribution in [0.5, 0.6) is 0 Å². The zero-order valence-electron chi connectivity index (χ0n) is 17.0. The van der Waals surface area contributed by atoms with Crippen LogP contribution in [-0.2, 0) is 11.3 Å². The van der Waals surface area contributed by atoms with E-state index in [2.05, 4.69) is 10.4 Å². The van der Waals surface area contributed by atoms with E-state index in [0.717, 1.165) is 49.9 Å². The van der Waals surface area contributed by atoms with Crippen molar-refractivity contribution in [3.8, 4) is 0 Å². The van der Waals surface area contributed by atoms with Crippen LogP contribution < -0.4 is 10.2 Å². The third-order valence-electron chi connectivity index (χ3n) is 7.04. The monoisotopic (exact) mass is 447 g/mol. The molecule has 3 amide bonds. The number of cyclic esters (lactones) is 1. The molecule has 2 aliphatic carbocycles. The molecule has 11 heteroatoms. The van der Waals surface area contributed by atoms with Crippen molar-refractivity contribution in [3.63, 3.8) is 0 Å². The molecule has 32 heavy (non-hydrogen) atoms. The van der Waals surface area contributed by atoms with E-state index < -0.39 is 29.6 Å². The average molecular weight is 447 g/mol. The van der Waals surface area contributed by atoms with Crippen LogP contribution in [0.25, 0.3) is 0 Å². The van der Waals surface area contributed by atoms with Crippen molar-refractivity contribution in [1.29, 1.82) is 0 Å². The van der Waals surface area contributed by atoms with Gasteiger partial charge >= 0.3 is 12.1 Å². The van der Waals surface area contributed by atoms with E-state index in [-0.39, 0.29) is 29.9 Å². The van der Waals surface area contributed by atoms with Gasteiger partial charge in [0.2, 0.25) is 0 Å². The largest absolute Gasteiger partial charge is 0.447 e. The number of halogens is 3. The molecule has 8 nitrogen and oxygen atoms in total. The Balaban J connectivity index is 1.33. The maximum absolute atomic E-state index is 13.6. The van der Waals surface area contributed by atoms with Crippen LogP contribution >= 0.6 is 0 Å². The number of fused-ring (bicyclic) bond motifs is 3. The summed E-state index contributed by atoms with van der Waals surface area (Å²) in [7, 11) is 0. The lowest BCUT2D eigenvalue weighted by Crippen LogP contribution is -2.49. The second kappa shape index (κ2) is 6.63. The first-order valence-electron chi connectivity index (χ1n) is 10.6. The van der Waals surface area contributed by atoms with E-state index in [1.807, 2.05) is 4.68 Å². The zero-order chi connectivity index (χ0) is 22.2. The molecule has 4 aliphatic rings. The number of benzene rings is 1. The highest BCUT2D eigenvalue weighted by atomic mass is 19.2. The Kier molecular flexibility index (Phi) is 4.03. The zero-order valence-corrected chi connectivity index (χ0v) is 17.0. The van der Waals surface area contributed by atoms with Crippen molar-refractivity contribution in [3.05, 3.63) is 41.5 Å². The smallest absolute Gasteiger partial charge is 0.415 e. The van der Waals surface area contributed by atoms with Crippen LogP contribution in [0, 0.1) is 17.5 Å². The molecule has 1 aromatic carbocycles. The maximum Gasteiger partial charge on any atom is 0.415 e. The van der Waals surface area contributed by atoms with E-state index >= 15 is 0 Å². The molecule has 1 saturated heterocycles. The molecule has 6 rings (SSSR count). The third kappa shape index (κ3) is 2.72. The average Bonchev–Trinajstić information content (AvgIpc) is 3.07. The van der Waals surface area contributed by atoms with Crippen molar-refractivity contribution in [2.45, 2.75) is 56.3 Å². The van der Waals surface area contributed by atoms with Gasteiger partial charge in [0.1, 0.15) is 6.61 Å². The van der Waals surface area contributed by atoms with E-state index in [0.29, 0.717) is 12.3 Å². The van der Waals surface area contributed by atoms with Crippen LogP contribution in [0.2, 0.25) is 0 Å². The molecule has 3 heterocycles. The van der Waals surface area contributed by atoms with Gasteiger partial charge in [0.05, 0.1) is 41.7 Å². The Labute approximate surface area is 180 Å². The Morgan fingerprint density at radius 3 is 2.59 bits per heavy atom. The maximum atomic E-state index is 13.6. The fourth-order valence-corrected chi connectivity index (χ4v) is 5.28. The Morgan fingerprint density at radius 1 is 1.16 bits per heavy atom. The highest BCUT2D eigenvalue weighted by molar-refractivity contribution is 5.94. The summed E-state index contributed by atoms with van der Waals surface area (Å²) in [5.74, 6) is -4.34. The first kappa shape index (κ1) is 19.4. The van der Waals surface area contributed by atoms with Crippen LogP contribution in [-0.4, -0.2) is 45.0 Å². The number of urea groups is 1. The second-order valence-corrected chi connectivity index (χ2v) is 8.91. The van der Waals surface area contributed by atoms with E-state index in [1.165, 1.54) is 0 Å². The van der Waals surface area contributed by atoms with Crippen LogP contribution in [0.15, 0.2) is 18.3 Å². The molecule has 2 aromatic rings. The normalized spacial score (nSPS) is 25.0. The number of nitrogens with zero attached hydrogens (tertiary/aromatic N) is 4. The van der Waals surface area contributed by atoms with E-state index in [9.17, 15) is 22.8 Å². The third-order valence-corrected chi connectivity index (χ3v) is 7.04. The first-order chi connectivity index (χ1) is 15.4. The van der Waals surface area contributed by atoms with E-state index in [4.69, 9.17) is 4.74 Å². The predicted molar refractivity (Wildman–Crippen MR) is 106 cm³/mol. The van der Waals surface area contributed by atoms with Crippen LogP contribution in [0.1, 0.15) is 43.8 Å². The summed E-state index contributed by atoms with van der Waals surface area (Å²) in [6, 6.07) is 0.744. The molecule has 0 bridgehead atoms. The number of carbonyl (C=O) groups is 2. The van der Waals surface area contributed by atoms with Crippen LogP contribution in [0.4, 0.5) is 34.1 Å². The number of ether oxygens (including phenoxy) is 1. The second-order valence-electron chi connectivity index (χ2n) is 8.91. The molecule has 1 N–H and O–H groups in total. The van der Waals surface area contributed by atoms with Gasteiger partial charge in [0.15, 0.2) is 17.5 Å². The minimum atomic E-state index is -1.59. The van der Waals surface area contributed by atoms with E-state index in [1.54, 1.807) is 16.0 Å². The molecular formula is C21H20F3N5O3. The summed E-state index contributed by atoms with van der Waals surface area (Å²) in [5, 5.41) is 7.04. The van der Waals surface area contributed by atoms with Crippen LogP contribution in [0.3, 0.4) is 0 Å². The quantitative estimate of drug-likeness (QED) is 0.708. The molecule has 2 saturated carbocycles. The highest BCUT2D eigenvalue weighted by Gasteiger charge is 2.58. The molecule has 1 aromatic heterocycles. The fraction of sp³-hybridized carbons (Fsp3) is 0.476. The van der Waals surface area contributed by atoms with Gasteiger partial charge in [0.25, 0.3) is 0 Å². The Morgan fingerprint density at radius 2 is 1.88 bits per heavy atom. The summed E-state index contributed by atoms with van der Waals surface area (Å²) in [6.45, 7) is 0.517. The van der Waals surface area contributed by atoms with Gasteiger partial charge in [-0.1, -0.05) is 0 Å². The van der Waals surface area contributed by atoms with Gasteiger partial charge in [-0.15, -0.1) is 0 Å². The topological polar surface area (TPSA) is 79.7 Å². The van der Waals surface area contributed by atoms with Crippen molar-refractivity contribution >= 4 is 23.5 Å². The molecular weight excluding hydrogens is 427 g/mol. The Hall–Kier alpha value is -3.24. The summed E-state index contributed by atoms with van der Waals surface area (Å²) >= 11 is 0. The van der Waals surface area contributed by atoms with Gasteiger partial charge in [-0.2, -0.15) is 5.10 Å². The standard InChI is InChI=1S/C21H20F3N5O3/c22-12-6-11(7-13(23)18(12)24)26-19(30)27-9-17-16(28-20(31)32-10-21(28)4-5-21)8-25-29(17)15-3-1-2-14(15)27/h6-8,14-15H,1-5,9-10H2,(H,26,30)/t14-,15+/m0/s1. The molecule has 2 aliphatic heterocycles. The minimum Gasteiger partial charge on any atom is -0.447 e. The van der Waals surface area contributed by atoms with Crippen molar-refractivity contribution in [1.82, 2.24) is 14.7 Å². The predicted octanol–water partition coefficient (Wildman–Crippen LogP) is 3.93. The van der Waals surface area contributed by atoms with Gasteiger partial charge in [0, 0.05) is 17.8 Å². The summed E-state index contributed by atoms with van der Waals surface area (Å²) in [4.78, 5) is 28.9. The van der Waals surface area contributed by atoms with Crippen molar-refractivity contribution in [2.75, 3.05) is 16.8 Å². The number of anilines is 2. The molecule has 168 valence electrons. The molecule has 0 unspecified atom stereocenters. The van der Waals surface area contributed by atoms with Gasteiger partial charge < -0.3 is 15.0 Å². The number of nitrogens with one attached hydrogen (secondary N) is 1. The summed E-state index contributed by atoms with van der Waals surface area (Å²) in [5.41, 5.74) is 0.863. The number of hydrogen-bond acceptors (Lipinski definition) is 4. The highest BCUT2D eigenvalue weighted by Crippen LogP contribution is 2.50. The number of amides is 3. The van der Waals surface area contributed by atoms with Gasteiger partial charge in [-0.05, 0) is 32.1 Å².